The SMILES string of the molecule is CC1=C2C(O)C(=O)[C@]3(C)C(OC(=O)COC4OC(CO)C(O)C(O)C4O)CC4OC[C@@]4(O)C3[C@H](C)C(O)(CC1O)C2(C)C.[Ac]. The molecule has 0 aromatic carbocycles. The summed E-state index contributed by atoms with van der Waals surface area (Å²) < 4.78 is 22.0. The van der Waals surface area contributed by atoms with Crippen LogP contribution < -0.4 is 0 Å². The molecule has 44 heavy (non-hydrogen) atoms. The number of hydrogen-bond acceptors (Lipinski definition) is 14. The monoisotopic (exact) mass is 843 g/mol. The minimum Gasteiger partial charge on any atom is -0.459 e. The molecule has 3 aliphatic carbocycles. The summed E-state index contributed by atoms with van der Waals surface area (Å²) in [4.78, 5) is 27.5. The Balaban J connectivity index is 0.00000442. The van der Waals surface area contributed by atoms with E-state index in [-0.39, 0.29) is 69.1 Å². The van der Waals surface area contributed by atoms with E-state index in [1.165, 1.54) is 6.92 Å². The molecule has 2 bridgehead atoms. The molecular weight excluding hydrogens is 799 g/mol. The Morgan fingerprint density at radius 1 is 1.05 bits per heavy atom. The van der Waals surface area contributed by atoms with Gasteiger partial charge in [0, 0.05) is 68.2 Å². The molecule has 8 N–H and O–H groups in total. The van der Waals surface area contributed by atoms with E-state index in [0.717, 1.165) is 0 Å². The predicted molar refractivity (Wildman–Crippen MR) is 143 cm³/mol. The number of fused-ring (bicyclic) bond motifs is 5. The van der Waals surface area contributed by atoms with Gasteiger partial charge in [-0.1, -0.05) is 20.8 Å². The first-order chi connectivity index (χ1) is 19.9. The van der Waals surface area contributed by atoms with E-state index in [4.69, 9.17) is 18.9 Å². The molecule has 247 valence electrons. The largest absolute Gasteiger partial charge is 0.459 e. The van der Waals surface area contributed by atoms with Crippen LogP contribution >= 0.6 is 0 Å². The molecule has 0 aromatic rings. The number of aliphatic hydroxyl groups is 8. The summed E-state index contributed by atoms with van der Waals surface area (Å²) in [6, 6.07) is 0. The topological polar surface area (TPSA) is 233 Å². The molecule has 0 aromatic heterocycles. The van der Waals surface area contributed by atoms with Gasteiger partial charge in [-0.05, 0) is 30.9 Å². The van der Waals surface area contributed by atoms with Gasteiger partial charge in [0.25, 0.3) is 0 Å². The molecular formula is C29H44AcO14. The molecule has 1 radical (unpaired) electrons. The summed E-state index contributed by atoms with van der Waals surface area (Å²) in [6.07, 6.45) is -13.2. The first-order valence-electron chi connectivity index (χ1n) is 14.7. The fourth-order valence-electron chi connectivity index (χ4n) is 8.70. The van der Waals surface area contributed by atoms with Gasteiger partial charge in [-0.2, -0.15) is 0 Å². The second-order valence-electron chi connectivity index (χ2n) is 13.7. The van der Waals surface area contributed by atoms with Gasteiger partial charge in [0.1, 0.15) is 48.8 Å². The van der Waals surface area contributed by atoms with Crippen molar-refractivity contribution < 1.29 is 113 Å². The van der Waals surface area contributed by atoms with E-state index in [1.807, 2.05) is 0 Å². The van der Waals surface area contributed by atoms with Crippen LogP contribution in [0.3, 0.4) is 0 Å². The van der Waals surface area contributed by atoms with Crippen LogP contribution in [0.25, 0.3) is 0 Å². The summed E-state index contributed by atoms with van der Waals surface area (Å²) in [5, 5.41) is 86.3. The van der Waals surface area contributed by atoms with Crippen molar-refractivity contribution in [1.29, 1.82) is 0 Å². The van der Waals surface area contributed by atoms with E-state index in [0.29, 0.717) is 5.57 Å². The third-order valence-corrected chi connectivity index (χ3v) is 11.3. The number of rotatable bonds is 5. The molecule has 14 atom stereocenters. The molecule has 0 spiro atoms. The zero-order chi connectivity index (χ0) is 32.0. The van der Waals surface area contributed by atoms with Crippen molar-refractivity contribution in [3.63, 3.8) is 0 Å². The van der Waals surface area contributed by atoms with Gasteiger partial charge in [0.05, 0.1) is 36.4 Å². The molecule has 11 unspecified atom stereocenters. The van der Waals surface area contributed by atoms with Crippen LogP contribution in [0.1, 0.15) is 47.5 Å². The van der Waals surface area contributed by atoms with E-state index in [1.54, 1.807) is 27.7 Å². The van der Waals surface area contributed by atoms with Crippen LogP contribution in [0.4, 0.5) is 0 Å². The Morgan fingerprint density at radius 3 is 2.25 bits per heavy atom. The Kier molecular flexibility index (Phi) is 10.3. The number of hydrogen-bond donors (Lipinski definition) is 8. The molecule has 2 saturated heterocycles. The van der Waals surface area contributed by atoms with E-state index in [9.17, 15) is 50.4 Å². The molecule has 2 heterocycles. The maximum absolute atomic E-state index is 14.4. The van der Waals surface area contributed by atoms with Crippen LogP contribution in [0.5, 0.6) is 0 Å². The number of ketones is 1. The number of esters is 1. The number of aliphatic hydroxyl groups excluding tert-OH is 6. The molecule has 5 rings (SSSR count). The van der Waals surface area contributed by atoms with Crippen molar-refractivity contribution in [1.82, 2.24) is 0 Å². The number of Topliss-reactive ketones (excluding diaryl/α,β-unsaturated/α-hetero) is 1. The number of carbonyl (C=O) groups is 2. The van der Waals surface area contributed by atoms with Crippen LogP contribution in [0, 0.1) is 66.7 Å². The fourth-order valence-corrected chi connectivity index (χ4v) is 8.70. The van der Waals surface area contributed by atoms with Gasteiger partial charge in [-0.3, -0.25) is 4.79 Å². The third kappa shape index (κ3) is 5.12. The molecule has 5 aliphatic rings. The van der Waals surface area contributed by atoms with Crippen molar-refractivity contribution >= 4 is 11.8 Å². The van der Waals surface area contributed by atoms with Crippen LogP contribution in [0.15, 0.2) is 11.1 Å². The predicted octanol–water partition coefficient (Wildman–Crippen LogP) is -2.71. The Morgan fingerprint density at radius 2 is 1.68 bits per heavy atom. The fraction of sp³-hybridized carbons (Fsp3) is 0.862. The quantitative estimate of drug-likeness (QED) is 0.104. The normalized spacial score (nSPS) is 49.8. The molecule has 0 amide bonds. The minimum atomic E-state index is -1.79. The average molecular weight is 844 g/mol. The maximum Gasteiger partial charge on any atom is 0.332 e. The second kappa shape index (κ2) is 12.4. The van der Waals surface area contributed by atoms with Crippen LogP contribution in [0.2, 0.25) is 0 Å². The molecule has 2 saturated carbocycles. The van der Waals surface area contributed by atoms with Gasteiger partial charge in [-0.15, -0.1) is 0 Å². The van der Waals surface area contributed by atoms with Crippen molar-refractivity contribution in [2.24, 2.45) is 22.7 Å². The Labute approximate surface area is 290 Å². The summed E-state index contributed by atoms with van der Waals surface area (Å²) >= 11 is 0. The number of ether oxygens (including phenoxy) is 4. The van der Waals surface area contributed by atoms with Crippen molar-refractivity contribution in [3.05, 3.63) is 11.1 Å². The third-order valence-electron chi connectivity index (χ3n) is 11.3. The summed E-state index contributed by atoms with van der Waals surface area (Å²) in [6.45, 7) is 6.50. The van der Waals surface area contributed by atoms with Gasteiger partial charge in [0.2, 0.25) is 0 Å². The molecule has 2 aliphatic heterocycles. The van der Waals surface area contributed by atoms with Crippen molar-refractivity contribution in [2.45, 2.75) is 114 Å². The van der Waals surface area contributed by atoms with Crippen LogP contribution in [-0.4, -0.2) is 139 Å². The van der Waals surface area contributed by atoms with E-state index >= 15 is 0 Å². The number of carbonyl (C=O) groups excluding carboxylic acids is 2. The summed E-state index contributed by atoms with van der Waals surface area (Å²) in [5.41, 5.74) is -5.66. The standard InChI is InChI=1S/C29H44O14.Ac/c1-11-13(31)7-29(39)12(2)23-27(5,24(37)20(34)18(11)26(29,3)4)15(6-16-28(23,38)10-41-16)43-17(32)9-40-25-22(36)21(35)19(33)14(8-30)42-25;/h12-16,19-23,25,30-31,33-36,38-39H,6-10H2,1-5H3;/t12-,13?,14?,15?,16?,19?,20?,21?,22?,23?,25?,27+,28-,29?;/m0./s1. The van der Waals surface area contributed by atoms with Gasteiger partial charge >= 0.3 is 5.97 Å². The van der Waals surface area contributed by atoms with E-state index < -0.39 is 114 Å². The van der Waals surface area contributed by atoms with Crippen molar-refractivity contribution in [3.8, 4) is 0 Å². The van der Waals surface area contributed by atoms with Gasteiger partial charge < -0.3 is 59.8 Å². The summed E-state index contributed by atoms with van der Waals surface area (Å²) in [7, 11) is 0. The van der Waals surface area contributed by atoms with Gasteiger partial charge in [-0.25, -0.2) is 4.79 Å². The molecule has 4 fully saturated rings. The zero-order valence-corrected chi connectivity index (χ0v) is 30.2. The zero-order valence-electron chi connectivity index (χ0n) is 25.5. The maximum atomic E-state index is 14.4. The Bertz CT molecular complexity index is 1180. The first-order valence-corrected chi connectivity index (χ1v) is 14.7. The second-order valence-corrected chi connectivity index (χ2v) is 13.7. The first kappa shape index (κ1) is 36.7. The van der Waals surface area contributed by atoms with Crippen LogP contribution in [-0.2, 0) is 28.5 Å². The molecule has 14 nitrogen and oxygen atoms in total. The van der Waals surface area contributed by atoms with Crippen molar-refractivity contribution in [2.75, 3.05) is 19.8 Å². The molecule has 15 heteroatoms. The summed E-state index contributed by atoms with van der Waals surface area (Å²) in [5.74, 6) is -3.68. The van der Waals surface area contributed by atoms with Gasteiger partial charge in [0.15, 0.2) is 12.1 Å². The Hall–Kier alpha value is -0.118. The smallest absolute Gasteiger partial charge is 0.332 e. The van der Waals surface area contributed by atoms with E-state index in [2.05, 4.69) is 0 Å². The average Bonchev–Trinajstić information content (AvgIpc) is 2.94. The minimum absolute atomic E-state index is 0.